The van der Waals surface area contributed by atoms with Crippen molar-refractivity contribution in [2.75, 3.05) is 11.9 Å². The van der Waals surface area contributed by atoms with E-state index < -0.39 is 10.0 Å². The fourth-order valence-corrected chi connectivity index (χ4v) is 4.85. The van der Waals surface area contributed by atoms with Gasteiger partial charge in [-0.05, 0) is 73.7 Å². The molecule has 168 valence electrons. The third-order valence-electron chi connectivity index (χ3n) is 5.43. The molecule has 0 bridgehead atoms. The monoisotopic (exact) mass is 444 g/mol. The van der Waals surface area contributed by atoms with Gasteiger partial charge >= 0.3 is 0 Å². The molecule has 1 fully saturated rings. The molecule has 6 nitrogen and oxygen atoms in total. The molecule has 1 aliphatic carbocycles. The predicted molar refractivity (Wildman–Crippen MR) is 123 cm³/mol. The van der Waals surface area contributed by atoms with Gasteiger partial charge in [0.1, 0.15) is 5.75 Å². The molecule has 0 spiro atoms. The molecule has 1 saturated carbocycles. The van der Waals surface area contributed by atoms with Crippen LogP contribution in [-0.2, 0) is 10.0 Å². The third-order valence-corrected chi connectivity index (χ3v) is 6.97. The second-order valence-electron chi connectivity index (χ2n) is 8.49. The van der Waals surface area contributed by atoms with Gasteiger partial charge in [0.2, 0.25) is 10.0 Å². The minimum absolute atomic E-state index is 0.00968. The van der Waals surface area contributed by atoms with Crippen molar-refractivity contribution in [2.45, 2.75) is 63.3 Å². The maximum absolute atomic E-state index is 12.6. The summed E-state index contributed by atoms with van der Waals surface area (Å²) in [6, 6.07) is 13.3. The van der Waals surface area contributed by atoms with E-state index in [0.29, 0.717) is 23.8 Å². The average Bonchev–Trinajstić information content (AvgIpc) is 2.75. The van der Waals surface area contributed by atoms with Crippen molar-refractivity contribution in [3.63, 3.8) is 0 Å². The third kappa shape index (κ3) is 7.08. The fourth-order valence-electron chi connectivity index (χ4n) is 3.54. The maximum atomic E-state index is 12.6. The minimum Gasteiger partial charge on any atom is -0.494 e. The minimum atomic E-state index is -3.55. The van der Waals surface area contributed by atoms with Gasteiger partial charge in [-0.15, -0.1) is 0 Å². The zero-order chi connectivity index (χ0) is 22.3. The Morgan fingerprint density at radius 3 is 2.26 bits per heavy atom. The highest BCUT2D eigenvalue weighted by Gasteiger charge is 2.21. The molecular weight excluding hydrogens is 412 g/mol. The van der Waals surface area contributed by atoms with E-state index in [2.05, 4.69) is 23.9 Å². The maximum Gasteiger partial charge on any atom is 0.255 e. The Kier molecular flexibility index (Phi) is 8.09. The quantitative estimate of drug-likeness (QED) is 0.572. The largest absolute Gasteiger partial charge is 0.494 e. The molecule has 0 aliphatic heterocycles. The highest BCUT2D eigenvalue weighted by Crippen LogP contribution is 2.21. The van der Waals surface area contributed by atoms with Crippen molar-refractivity contribution < 1.29 is 17.9 Å². The van der Waals surface area contributed by atoms with Crippen LogP contribution in [0.4, 0.5) is 5.69 Å². The van der Waals surface area contributed by atoms with E-state index in [1.165, 1.54) is 18.6 Å². The Morgan fingerprint density at radius 1 is 1.00 bits per heavy atom. The number of amides is 1. The van der Waals surface area contributed by atoms with Crippen LogP contribution in [0.1, 0.15) is 62.7 Å². The summed E-state index contributed by atoms with van der Waals surface area (Å²) < 4.78 is 33.6. The lowest BCUT2D eigenvalue weighted by molar-refractivity contribution is 0.102. The van der Waals surface area contributed by atoms with Gasteiger partial charge in [-0.3, -0.25) is 4.79 Å². The lowest BCUT2D eigenvalue weighted by atomic mass is 9.96. The van der Waals surface area contributed by atoms with Gasteiger partial charge in [0.15, 0.2) is 0 Å². The summed E-state index contributed by atoms with van der Waals surface area (Å²) >= 11 is 0. The summed E-state index contributed by atoms with van der Waals surface area (Å²) in [6.45, 7) is 4.94. The molecule has 0 radical (unpaired) electrons. The molecule has 1 amide bonds. The van der Waals surface area contributed by atoms with E-state index in [0.717, 1.165) is 37.9 Å². The van der Waals surface area contributed by atoms with Crippen LogP contribution in [0.15, 0.2) is 53.4 Å². The molecule has 2 aromatic carbocycles. The van der Waals surface area contributed by atoms with Crippen molar-refractivity contribution in [3.05, 3.63) is 54.1 Å². The molecule has 3 rings (SSSR count). The standard InChI is InChI=1S/C24H32N2O4S/c1-18(2)16-17-30-22-12-8-19(9-13-22)24(27)25-20-10-14-23(15-11-20)31(28,29)26-21-6-4-3-5-7-21/h8-15,18,21,26H,3-7,16-17H2,1-2H3,(H,25,27). The zero-order valence-electron chi connectivity index (χ0n) is 18.3. The first-order valence-electron chi connectivity index (χ1n) is 11.0. The van der Waals surface area contributed by atoms with Crippen LogP contribution < -0.4 is 14.8 Å². The Bertz CT molecular complexity index is 948. The number of sulfonamides is 1. The molecule has 0 saturated heterocycles. The highest BCUT2D eigenvalue weighted by atomic mass is 32.2. The van der Waals surface area contributed by atoms with Crippen molar-refractivity contribution in [1.29, 1.82) is 0 Å². The molecule has 2 N–H and O–H groups in total. The summed E-state index contributed by atoms with van der Waals surface area (Å²) in [5.41, 5.74) is 1.05. The SMILES string of the molecule is CC(C)CCOc1ccc(C(=O)Nc2ccc(S(=O)(=O)NC3CCCCC3)cc2)cc1. The lowest BCUT2D eigenvalue weighted by Gasteiger charge is -2.22. The lowest BCUT2D eigenvalue weighted by Crippen LogP contribution is -2.36. The van der Waals surface area contributed by atoms with Crippen LogP contribution in [-0.4, -0.2) is 27.0 Å². The molecule has 0 unspecified atom stereocenters. The first kappa shape index (κ1) is 23.3. The molecule has 31 heavy (non-hydrogen) atoms. The zero-order valence-corrected chi connectivity index (χ0v) is 19.1. The summed E-state index contributed by atoms with van der Waals surface area (Å²) in [4.78, 5) is 12.7. The van der Waals surface area contributed by atoms with Crippen molar-refractivity contribution >= 4 is 21.6 Å². The summed E-state index contributed by atoms with van der Waals surface area (Å²) in [6.07, 6.45) is 6.03. The Balaban J connectivity index is 1.55. The molecular formula is C24H32N2O4S. The number of benzene rings is 2. The molecule has 1 aliphatic rings. The molecule has 7 heteroatoms. The van der Waals surface area contributed by atoms with Crippen LogP contribution in [0, 0.1) is 5.92 Å². The van der Waals surface area contributed by atoms with Crippen molar-refractivity contribution in [1.82, 2.24) is 4.72 Å². The van der Waals surface area contributed by atoms with Crippen molar-refractivity contribution in [2.24, 2.45) is 5.92 Å². The second kappa shape index (κ2) is 10.8. The Morgan fingerprint density at radius 2 is 1.65 bits per heavy atom. The first-order chi connectivity index (χ1) is 14.8. The fraction of sp³-hybridized carbons (Fsp3) is 0.458. The van der Waals surface area contributed by atoms with Crippen LogP contribution in [0.25, 0.3) is 0 Å². The van der Waals surface area contributed by atoms with Gasteiger partial charge in [-0.2, -0.15) is 0 Å². The summed E-state index contributed by atoms with van der Waals surface area (Å²) in [5, 5.41) is 2.80. The average molecular weight is 445 g/mol. The van der Waals surface area contributed by atoms with Crippen LogP contribution in [0.5, 0.6) is 5.75 Å². The first-order valence-corrected chi connectivity index (χ1v) is 12.5. The molecule has 0 atom stereocenters. The van der Waals surface area contributed by atoms with E-state index in [-0.39, 0.29) is 16.8 Å². The number of carbonyl (C=O) groups is 1. The number of rotatable bonds is 9. The van der Waals surface area contributed by atoms with Gasteiger partial charge in [0.05, 0.1) is 11.5 Å². The topological polar surface area (TPSA) is 84.5 Å². The van der Waals surface area contributed by atoms with E-state index in [4.69, 9.17) is 4.74 Å². The smallest absolute Gasteiger partial charge is 0.255 e. The predicted octanol–water partition coefficient (Wildman–Crippen LogP) is 4.97. The highest BCUT2D eigenvalue weighted by molar-refractivity contribution is 7.89. The number of hydrogen-bond donors (Lipinski definition) is 2. The molecule has 0 aromatic heterocycles. The number of ether oxygens (including phenoxy) is 1. The van der Waals surface area contributed by atoms with E-state index in [1.54, 1.807) is 36.4 Å². The molecule has 0 heterocycles. The normalized spacial score (nSPS) is 15.1. The van der Waals surface area contributed by atoms with Crippen LogP contribution in [0.2, 0.25) is 0 Å². The van der Waals surface area contributed by atoms with Gasteiger partial charge < -0.3 is 10.1 Å². The Hall–Kier alpha value is -2.38. The summed E-state index contributed by atoms with van der Waals surface area (Å²) in [5.74, 6) is 1.05. The molecule has 2 aromatic rings. The summed E-state index contributed by atoms with van der Waals surface area (Å²) in [7, 11) is -3.55. The van der Waals surface area contributed by atoms with Crippen molar-refractivity contribution in [3.8, 4) is 5.75 Å². The van der Waals surface area contributed by atoms with Gasteiger partial charge in [0, 0.05) is 17.3 Å². The van der Waals surface area contributed by atoms with E-state index >= 15 is 0 Å². The number of anilines is 1. The van der Waals surface area contributed by atoms with Crippen LogP contribution in [0.3, 0.4) is 0 Å². The van der Waals surface area contributed by atoms with Gasteiger partial charge in [0.25, 0.3) is 5.91 Å². The van der Waals surface area contributed by atoms with Gasteiger partial charge in [-0.25, -0.2) is 13.1 Å². The van der Waals surface area contributed by atoms with Crippen LogP contribution >= 0.6 is 0 Å². The van der Waals surface area contributed by atoms with E-state index in [1.807, 2.05) is 0 Å². The second-order valence-corrected chi connectivity index (χ2v) is 10.2. The number of hydrogen-bond acceptors (Lipinski definition) is 4. The number of nitrogens with one attached hydrogen (secondary N) is 2. The Labute approximate surface area is 185 Å². The van der Waals surface area contributed by atoms with Gasteiger partial charge in [-0.1, -0.05) is 33.1 Å². The van der Waals surface area contributed by atoms with E-state index in [9.17, 15) is 13.2 Å². The number of carbonyl (C=O) groups excluding carboxylic acids is 1.